The van der Waals surface area contributed by atoms with Crippen LogP contribution in [0.3, 0.4) is 0 Å². The van der Waals surface area contributed by atoms with Crippen LogP contribution in [0.5, 0.6) is 0 Å². The number of hydrogen-bond acceptors (Lipinski definition) is 6. The zero-order valence-corrected chi connectivity index (χ0v) is 32.2. The molecule has 2 aromatic heterocycles. The molecule has 0 aliphatic heterocycles. The van der Waals surface area contributed by atoms with Crippen molar-refractivity contribution in [3.05, 3.63) is 95.5 Å². The van der Waals surface area contributed by atoms with Crippen molar-refractivity contribution in [2.75, 3.05) is 0 Å². The molecule has 0 saturated carbocycles. The summed E-state index contributed by atoms with van der Waals surface area (Å²) in [6.45, 7) is 12.2. The third-order valence-electron chi connectivity index (χ3n) is 11.1. The molecule has 2 aromatic carbocycles. The van der Waals surface area contributed by atoms with Gasteiger partial charge in [-0.2, -0.15) is 18.3 Å². The van der Waals surface area contributed by atoms with Crippen LogP contribution in [0.4, 0.5) is 17.6 Å². The van der Waals surface area contributed by atoms with E-state index in [1.807, 2.05) is 20.8 Å². The Kier molecular flexibility index (Phi) is 13.2. The molecule has 3 amide bonds. The van der Waals surface area contributed by atoms with Crippen molar-refractivity contribution in [1.82, 2.24) is 35.7 Å². The number of carbonyl (C=O) groups is 3. The van der Waals surface area contributed by atoms with Crippen molar-refractivity contribution in [3.63, 3.8) is 0 Å². The Morgan fingerprint density at radius 3 is 2.41 bits per heavy atom. The lowest BCUT2D eigenvalue weighted by atomic mass is 9.77. The lowest BCUT2D eigenvalue weighted by molar-refractivity contribution is -0.137. The number of H-pyrrole nitrogens is 1. The number of rotatable bonds is 17. The number of halogens is 4. The molecule has 11 nitrogen and oxygen atoms in total. The van der Waals surface area contributed by atoms with E-state index in [9.17, 15) is 31.9 Å². The molecule has 0 saturated heterocycles. The molecule has 0 radical (unpaired) electrons. The standard InChI is InChI=1S/C41H50F4N8O3/c1-6-24(3)35(26(5)32(46)16-11-19-53-23-47-22-48-53)51-39(56)40(18-17-33-29(21-40)28-13-10-14-30(37(28)49-33)41(43,44)45)52-38(55)36(25(4)7-2)50-34(54)20-27-12-8-9-15-31(27)42/h8-10,12-15,22-25,35-36,46,49H,5-7,11,16-21H2,1-4H3,(H,50,54)(H,51,56)(H,52,55)/t24?,25?,35-,36-,40+/m0/s1. The van der Waals surface area contributed by atoms with E-state index >= 15 is 0 Å². The summed E-state index contributed by atoms with van der Waals surface area (Å²) >= 11 is 0. The van der Waals surface area contributed by atoms with E-state index in [4.69, 9.17) is 5.41 Å². The molecule has 4 aromatic rings. The SMILES string of the molecule is C=C(C(=N)CCCn1cncn1)[C@@H](NC(=O)[C@@]1(NC(=O)[C@@H](NC(=O)Cc2ccccc2F)C(C)CC)CCc2[nH]c3c(C(F)(F)F)cccc3c2C1)C(C)CC. The number of carbonyl (C=O) groups excluding carboxylic acids is 3. The second-order valence-corrected chi connectivity index (χ2v) is 14.9. The van der Waals surface area contributed by atoms with E-state index in [0.717, 1.165) is 6.07 Å². The predicted molar refractivity (Wildman–Crippen MR) is 205 cm³/mol. The molecule has 0 spiro atoms. The van der Waals surface area contributed by atoms with Crippen LogP contribution in [0.1, 0.15) is 82.2 Å². The van der Waals surface area contributed by atoms with Crippen LogP contribution in [0.15, 0.2) is 67.3 Å². The fourth-order valence-corrected chi connectivity index (χ4v) is 7.32. The Labute approximate surface area is 323 Å². The molecular formula is C41H50F4N8O3. The number of aryl methyl sites for hydroxylation is 2. The van der Waals surface area contributed by atoms with Gasteiger partial charge in [-0.25, -0.2) is 9.37 Å². The first-order valence-electron chi connectivity index (χ1n) is 19.0. The number of aromatic nitrogens is 4. The zero-order chi connectivity index (χ0) is 40.8. The van der Waals surface area contributed by atoms with Crippen molar-refractivity contribution >= 4 is 34.3 Å². The summed E-state index contributed by atoms with van der Waals surface area (Å²) in [6, 6.07) is 7.89. The van der Waals surface area contributed by atoms with Crippen molar-refractivity contribution in [2.24, 2.45) is 11.8 Å². The second kappa shape index (κ2) is 17.6. The maximum atomic E-state index is 14.9. The van der Waals surface area contributed by atoms with Gasteiger partial charge in [0.2, 0.25) is 17.7 Å². The average molecular weight is 779 g/mol. The molecule has 2 unspecified atom stereocenters. The molecule has 0 bridgehead atoms. The number of alkyl halides is 3. The lowest BCUT2D eigenvalue weighted by Crippen LogP contribution is -2.66. The molecule has 2 heterocycles. The monoisotopic (exact) mass is 778 g/mol. The van der Waals surface area contributed by atoms with Crippen LogP contribution in [0, 0.1) is 23.1 Å². The fraction of sp³-hybridized carbons (Fsp3) is 0.463. The first kappa shape index (κ1) is 41.8. The van der Waals surface area contributed by atoms with E-state index in [1.165, 1.54) is 30.6 Å². The largest absolute Gasteiger partial charge is 0.418 e. The van der Waals surface area contributed by atoms with Gasteiger partial charge in [-0.15, -0.1) is 0 Å². The highest BCUT2D eigenvalue weighted by Gasteiger charge is 2.47. The minimum Gasteiger partial charge on any atom is -0.358 e. The van der Waals surface area contributed by atoms with Crippen LogP contribution in [0.25, 0.3) is 10.9 Å². The Morgan fingerprint density at radius 1 is 1.04 bits per heavy atom. The maximum Gasteiger partial charge on any atom is 0.418 e. The van der Waals surface area contributed by atoms with Crippen LogP contribution in [-0.4, -0.2) is 60.8 Å². The van der Waals surface area contributed by atoms with Gasteiger partial charge in [0.25, 0.3) is 0 Å². The number of para-hydroxylation sites is 1. The minimum absolute atomic E-state index is 0.0250. The molecule has 5 rings (SSSR count). The molecule has 5 N–H and O–H groups in total. The Balaban J connectivity index is 1.47. The highest BCUT2D eigenvalue weighted by molar-refractivity contribution is 6.01. The number of aromatic amines is 1. The molecule has 5 atom stereocenters. The van der Waals surface area contributed by atoms with Gasteiger partial charge in [0, 0.05) is 29.8 Å². The summed E-state index contributed by atoms with van der Waals surface area (Å²) < 4.78 is 58.4. The first-order chi connectivity index (χ1) is 26.6. The summed E-state index contributed by atoms with van der Waals surface area (Å²) in [5.74, 6) is -2.98. The summed E-state index contributed by atoms with van der Waals surface area (Å²) in [5, 5.41) is 22.1. The number of nitrogens with zero attached hydrogens (tertiary/aromatic N) is 3. The van der Waals surface area contributed by atoms with Crippen molar-refractivity contribution in [1.29, 1.82) is 5.41 Å². The zero-order valence-electron chi connectivity index (χ0n) is 32.2. The van der Waals surface area contributed by atoms with Crippen molar-refractivity contribution in [2.45, 2.75) is 109 Å². The molecule has 1 aliphatic carbocycles. The number of nitrogens with one attached hydrogen (secondary N) is 5. The van der Waals surface area contributed by atoms with E-state index < -0.39 is 58.8 Å². The average Bonchev–Trinajstić information content (AvgIpc) is 3.83. The van der Waals surface area contributed by atoms with E-state index in [-0.39, 0.29) is 53.8 Å². The number of fused-ring (bicyclic) bond motifs is 3. The molecule has 15 heteroatoms. The van der Waals surface area contributed by atoms with Gasteiger partial charge in [0.1, 0.15) is 30.1 Å². The van der Waals surface area contributed by atoms with E-state index in [2.05, 4.69) is 37.6 Å². The van der Waals surface area contributed by atoms with Gasteiger partial charge >= 0.3 is 6.18 Å². The van der Waals surface area contributed by atoms with Gasteiger partial charge in [0.15, 0.2) is 0 Å². The summed E-state index contributed by atoms with van der Waals surface area (Å²) in [5.41, 5.74) is -0.809. The van der Waals surface area contributed by atoms with Crippen LogP contribution in [-0.2, 0) is 46.4 Å². The lowest BCUT2D eigenvalue weighted by Gasteiger charge is -2.40. The smallest absolute Gasteiger partial charge is 0.358 e. The number of hydrogen-bond donors (Lipinski definition) is 5. The van der Waals surface area contributed by atoms with Gasteiger partial charge < -0.3 is 26.3 Å². The molecule has 300 valence electrons. The maximum absolute atomic E-state index is 14.9. The van der Waals surface area contributed by atoms with Crippen LogP contribution < -0.4 is 16.0 Å². The quantitative estimate of drug-likeness (QED) is 0.0602. The third kappa shape index (κ3) is 9.36. The van der Waals surface area contributed by atoms with Gasteiger partial charge in [0.05, 0.1) is 23.5 Å². The molecule has 56 heavy (non-hydrogen) atoms. The van der Waals surface area contributed by atoms with Gasteiger partial charge in [-0.1, -0.05) is 77.4 Å². The van der Waals surface area contributed by atoms with Gasteiger partial charge in [-0.3, -0.25) is 19.1 Å². The van der Waals surface area contributed by atoms with Gasteiger partial charge in [-0.05, 0) is 66.4 Å². The van der Waals surface area contributed by atoms with Crippen molar-refractivity contribution < 1.29 is 31.9 Å². The fourth-order valence-electron chi connectivity index (χ4n) is 7.32. The Bertz CT molecular complexity index is 2060. The highest BCUT2D eigenvalue weighted by atomic mass is 19.4. The second-order valence-electron chi connectivity index (χ2n) is 14.9. The normalized spacial score (nSPS) is 17.6. The molecule has 0 fully saturated rings. The highest BCUT2D eigenvalue weighted by Crippen LogP contribution is 2.40. The predicted octanol–water partition coefficient (Wildman–Crippen LogP) is 6.62. The van der Waals surface area contributed by atoms with Crippen molar-refractivity contribution in [3.8, 4) is 0 Å². The minimum atomic E-state index is -4.64. The van der Waals surface area contributed by atoms with Crippen LogP contribution >= 0.6 is 0 Å². The third-order valence-corrected chi connectivity index (χ3v) is 11.1. The summed E-state index contributed by atoms with van der Waals surface area (Å²) in [7, 11) is 0. The Morgan fingerprint density at radius 2 is 1.75 bits per heavy atom. The number of amides is 3. The number of benzene rings is 2. The topological polar surface area (TPSA) is 158 Å². The van der Waals surface area contributed by atoms with E-state index in [0.29, 0.717) is 49.1 Å². The first-order valence-corrected chi connectivity index (χ1v) is 19.0. The van der Waals surface area contributed by atoms with Crippen LogP contribution in [0.2, 0.25) is 0 Å². The van der Waals surface area contributed by atoms with E-state index in [1.54, 1.807) is 30.1 Å². The molecular weight excluding hydrogens is 728 g/mol. The molecule has 1 aliphatic rings. The summed E-state index contributed by atoms with van der Waals surface area (Å²) in [6.07, 6.45) is 0.0922. The summed E-state index contributed by atoms with van der Waals surface area (Å²) in [4.78, 5) is 49.4. The Hall–Kier alpha value is -5.34.